The van der Waals surface area contributed by atoms with E-state index in [1.165, 1.54) is 0 Å². The normalized spacial score (nSPS) is 12.3. The van der Waals surface area contributed by atoms with Gasteiger partial charge in [0.05, 0.1) is 5.69 Å². The maximum absolute atomic E-state index is 11.1. The van der Waals surface area contributed by atoms with Gasteiger partial charge in [-0.2, -0.15) is 0 Å². The lowest BCUT2D eigenvalue weighted by atomic mass is 10.1. The molecule has 5 nitrogen and oxygen atoms in total. The number of pyridine rings is 1. The quantitative estimate of drug-likeness (QED) is 0.866. The Balaban J connectivity index is 2.41. The van der Waals surface area contributed by atoms with E-state index in [9.17, 15) is 4.79 Å². The van der Waals surface area contributed by atoms with Gasteiger partial charge in [-0.25, -0.2) is 4.98 Å². The predicted molar refractivity (Wildman–Crippen MR) is 67.2 cm³/mol. The lowest BCUT2D eigenvalue weighted by molar-refractivity contribution is -0.139. The number of carboxylic acid groups (broad SMARTS) is 1. The number of H-pyrrole nitrogens is 1. The van der Waals surface area contributed by atoms with E-state index in [1.54, 1.807) is 12.4 Å². The topological polar surface area (TPSA) is 78.9 Å². The van der Waals surface area contributed by atoms with Gasteiger partial charge in [0.1, 0.15) is 11.7 Å². The SMILES string of the molecule is CCC(C(=O)O)c1nc(-c2ccncc2)c(C)[nH]1. The van der Waals surface area contributed by atoms with Crippen LogP contribution in [0.1, 0.15) is 30.8 Å². The Morgan fingerprint density at radius 2 is 2.11 bits per heavy atom. The first kappa shape index (κ1) is 12.3. The van der Waals surface area contributed by atoms with Crippen molar-refractivity contribution < 1.29 is 9.90 Å². The minimum absolute atomic E-state index is 0.509. The molecule has 0 saturated carbocycles. The van der Waals surface area contributed by atoms with Gasteiger partial charge in [0, 0.05) is 23.7 Å². The smallest absolute Gasteiger partial charge is 0.314 e. The highest BCUT2D eigenvalue weighted by Gasteiger charge is 2.22. The summed E-state index contributed by atoms with van der Waals surface area (Å²) in [7, 11) is 0. The Bertz CT molecular complexity index is 549. The number of aromatic amines is 1. The molecular formula is C13H15N3O2. The summed E-state index contributed by atoms with van der Waals surface area (Å²) in [5, 5.41) is 9.13. The summed E-state index contributed by atoms with van der Waals surface area (Å²) in [6.45, 7) is 3.73. The number of aryl methyl sites for hydroxylation is 1. The van der Waals surface area contributed by atoms with Crippen molar-refractivity contribution in [1.29, 1.82) is 0 Å². The standard InChI is InChI=1S/C13H15N3O2/c1-3-10(13(17)18)12-15-8(2)11(16-12)9-4-6-14-7-5-9/h4-7,10H,3H2,1-2H3,(H,15,16)(H,17,18). The minimum Gasteiger partial charge on any atom is -0.481 e. The predicted octanol–water partition coefficient (Wildman–Crippen LogP) is 2.36. The van der Waals surface area contributed by atoms with Gasteiger partial charge in [-0.3, -0.25) is 9.78 Å². The second kappa shape index (κ2) is 5.00. The number of aliphatic carboxylic acids is 1. The number of carboxylic acids is 1. The summed E-state index contributed by atoms with van der Waals surface area (Å²) in [4.78, 5) is 22.5. The van der Waals surface area contributed by atoms with E-state index in [1.807, 2.05) is 26.0 Å². The first-order valence-corrected chi connectivity index (χ1v) is 5.83. The fourth-order valence-electron chi connectivity index (χ4n) is 1.92. The molecule has 2 aromatic rings. The zero-order valence-electron chi connectivity index (χ0n) is 10.3. The average molecular weight is 245 g/mol. The van der Waals surface area contributed by atoms with Crippen molar-refractivity contribution >= 4 is 5.97 Å². The molecule has 0 aromatic carbocycles. The van der Waals surface area contributed by atoms with E-state index >= 15 is 0 Å². The van der Waals surface area contributed by atoms with Gasteiger partial charge in [0.15, 0.2) is 0 Å². The lowest BCUT2D eigenvalue weighted by Gasteiger charge is -2.04. The van der Waals surface area contributed by atoms with Gasteiger partial charge >= 0.3 is 5.97 Å². The molecule has 0 fully saturated rings. The van der Waals surface area contributed by atoms with Crippen LogP contribution >= 0.6 is 0 Å². The van der Waals surface area contributed by atoms with Crippen LogP contribution in [0.4, 0.5) is 0 Å². The molecule has 18 heavy (non-hydrogen) atoms. The van der Waals surface area contributed by atoms with Crippen molar-refractivity contribution in [2.24, 2.45) is 0 Å². The molecule has 2 rings (SSSR count). The van der Waals surface area contributed by atoms with Gasteiger partial charge in [-0.15, -0.1) is 0 Å². The fraction of sp³-hybridized carbons (Fsp3) is 0.308. The summed E-state index contributed by atoms with van der Waals surface area (Å²) < 4.78 is 0. The Labute approximate surface area is 105 Å². The van der Waals surface area contributed by atoms with E-state index in [2.05, 4.69) is 15.0 Å². The van der Waals surface area contributed by atoms with Crippen LogP contribution in [0.5, 0.6) is 0 Å². The molecule has 0 aliphatic rings. The third kappa shape index (κ3) is 2.25. The monoisotopic (exact) mass is 245 g/mol. The molecule has 0 aliphatic carbocycles. The first-order valence-electron chi connectivity index (χ1n) is 5.83. The lowest BCUT2D eigenvalue weighted by Crippen LogP contribution is -2.12. The molecule has 5 heteroatoms. The number of nitrogens with one attached hydrogen (secondary N) is 1. The molecule has 2 heterocycles. The highest BCUT2D eigenvalue weighted by Crippen LogP contribution is 2.24. The average Bonchev–Trinajstić information content (AvgIpc) is 2.73. The maximum Gasteiger partial charge on any atom is 0.314 e. The summed E-state index contributed by atoms with van der Waals surface area (Å²) in [6, 6.07) is 3.71. The Hall–Kier alpha value is -2.17. The third-order valence-corrected chi connectivity index (χ3v) is 2.89. The maximum atomic E-state index is 11.1. The zero-order chi connectivity index (χ0) is 13.1. The number of aromatic nitrogens is 3. The number of imidazole rings is 1. The Kier molecular flexibility index (Phi) is 3.41. The minimum atomic E-state index is -0.854. The summed E-state index contributed by atoms with van der Waals surface area (Å²) in [6.07, 6.45) is 3.90. The van der Waals surface area contributed by atoms with Crippen molar-refractivity contribution in [2.45, 2.75) is 26.2 Å². The van der Waals surface area contributed by atoms with Crippen molar-refractivity contribution in [3.8, 4) is 11.3 Å². The van der Waals surface area contributed by atoms with E-state index in [-0.39, 0.29) is 0 Å². The summed E-state index contributed by atoms with van der Waals surface area (Å²) in [5.74, 6) is -0.930. The van der Waals surface area contributed by atoms with Crippen LogP contribution in [-0.4, -0.2) is 26.0 Å². The van der Waals surface area contributed by atoms with E-state index in [0.717, 1.165) is 17.0 Å². The second-order valence-corrected chi connectivity index (χ2v) is 4.13. The molecule has 1 atom stereocenters. The van der Waals surface area contributed by atoms with Crippen LogP contribution < -0.4 is 0 Å². The molecular weight excluding hydrogens is 230 g/mol. The van der Waals surface area contributed by atoms with Crippen LogP contribution in [0.25, 0.3) is 11.3 Å². The van der Waals surface area contributed by atoms with Gasteiger partial charge in [-0.1, -0.05) is 6.92 Å². The van der Waals surface area contributed by atoms with Crippen molar-refractivity contribution in [2.75, 3.05) is 0 Å². The van der Waals surface area contributed by atoms with Crippen molar-refractivity contribution in [3.05, 3.63) is 36.0 Å². The summed E-state index contributed by atoms with van der Waals surface area (Å²) in [5.41, 5.74) is 2.59. The third-order valence-electron chi connectivity index (χ3n) is 2.89. The van der Waals surface area contributed by atoms with Gasteiger partial charge in [0.25, 0.3) is 0 Å². The van der Waals surface area contributed by atoms with Crippen LogP contribution in [0.15, 0.2) is 24.5 Å². The molecule has 94 valence electrons. The van der Waals surface area contributed by atoms with E-state index in [0.29, 0.717) is 12.2 Å². The van der Waals surface area contributed by atoms with Crippen molar-refractivity contribution in [1.82, 2.24) is 15.0 Å². The van der Waals surface area contributed by atoms with Crippen LogP contribution in [0, 0.1) is 6.92 Å². The van der Waals surface area contributed by atoms with Crippen molar-refractivity contribution in [3.63, 3.8) is 0 Å². The van der Waals surface area contributed by atoms with Crippen LogP contribution in [0.3, 0.4) is 0 Å². The number of hydrogen-bond acceptors (Lipinski definition) is 3. The molecule has 0 aliphatic heterocycles. The molecule has 1 unspecified atom stereocenters. The van der Waals surface area contributed by atoms with E-state index < -0.39 is 11.9 Å². The molecule has 2 N–H and O–H groups in total. The molecule has 2 aromatic heterocycles. The largest absolute Gasteiger partial charge is 0.481 e. The van der Waals surface area contributed by atoms with Gasteiger partial charge in [-0.05, 0) is 25.5 Å². The van der Waals surface area contributed by atoms with Crippen LogP contribution in [0.2, 0.25) is 0 Å². The Morgan fingerprint density at radius 1 is 1.44 bits per heavy atom. The highest BCUT2D eigenvalue weighted by atomic mass is 16.4. The number of nitrogens with zero attached hydrogens (tertiary/aromatic N) is 2. The number of hydrogen-bond donors (Lipinski definition) is 2. The zero-order valence-corrected chi connectivity index (χ0v) is 10.3. The molecule has 0 spiro atoms. The summed E-state index contributed by atoms with van der Waals surface area (Å²) >= 11 is 0. The van der Waals surface area contributed by atoms with Crippen LogP contribution in [-0.2, 0) is 4.79 Å². The van der Waals surface area contributed by atoms with Gasteiger partial charge in [0.2, 0.25) is 0 Å². The second-order valence-electron chi connectivity index (χ2n) is 4.13. The fourth-order valence-corrected chi connectivity index (χ4v) is 1.92. The number of rotatable bonds is 4. The highest BCUT2D eigenvalue weighted by molar-refractivity contribution is 5.75. The molecule has 0 radical (unpaired) electrons. The molecule has 0 saturated heterocycles. The van der Waals surface area contributed by atoms with Gasteiger partial charge < -0.3 is 10.1 Å². The molecule has 0 bridgehead atoms. The van der Waals surface area contributed by atoms with E-state index in [4.69, 9.17) is 5.11 Å². The Morgan fingerprint density at radius 3 is 2.67 bits per heavy atom. The first-order chi connectivity index (χ1) is 8.63. The molecule has 0 amide bonds. The number of carbonyl (C=O) groups is 1.